The predicted octanol–water partition coefficient (Wildman–Crippen LogP) is 6.12. The minimum absolute atomic E-state index is 0.337. The first-order valence-corrected chi connectivity index (χ1v) is 12.6. The molecule has 0 saturated carbocycles. The van der Waals surface area contributed by atoms with Gasteiger partial charge in [0.15, 0.2) is 11.5 Å². The van der Waals surface area contributed by atoms with E-state index in [-0.39, 0.29) is 6.42 Å². The molecule has 0 heterocycles. The van der Waals surface area contributed by atoms with E-state index >= 15 is 0 Å². The molecule has 2 N–H and O–H groups in total. The zero-order valence-electron chi connectivity index (χ0n) is 20.0. The number of nitrogens with zero attached hydrogens (tertiary/aromatic N) is 1. The summed E-state index contributed by atoms with van der Waals surface area (Å²) in [4.78, 5) is 24.4. The smallest absolute Gasteiger partial charge is 0.249 e. The minimum Gasteiger partial charge on any atom is -0.490 e. The number of aryl methyl sites for hydroxylation is 1. The lowest BCUT2D eigenvalue weighted by Crippen LogP contribution is -2.25. The van der Waals surface area contributed by atoms with Crippen LogP contribution in [0, 0.1) is 0 Å². The Labute approximate surface area is 224 Å². The number of ether oxygens (including phenoxy) is 2. The molecule has 0 aliphatic rings. The first-order valence-electron chi connectivity index (χ1n) is 11.4. The van der Waals surface area contributed by atoms with Crippen molar-refractivity contribution >= 4 is 51.2 Å². The van der Waals surface area contributed by atoms with Gasteiger partial charge in [0.05, 0.1) is 17.3 Å². The largest absolute Gasteiger partial charge is 0.490 e. The van der Waals surface area contributed by atoms with Gasteiger partial charge in [-0.3, -0.25) is 9.59 Å². The third-order valence-corrected chi connectivity index (χ3v) is 5.87. The molecule has 3 aromatic rings. The van der Waals surface area contributed by atoms with E-state index in [4.69, 9.17) is 21.1 Å². The van der Waals surface area contributed by atoms with E-state index in [9.17, 15) is 9.59 Å². The minimum atomic E-state index is -0.523. The number of hydrogen-bond donors (Lipinski definition) is 2. The molecule has 0 aliphatic carbocycles. The van der Waals surface area contributed by atoms with Crippen LogP contribution in [0.5, 0.6) is 11.5 Å². The fraction of sp³-hybridized carbons (Fsp3) is 0.222. The summed E-state index contributed by atoms with van der Waals surface area (Å²) < 4.78 is 12.4. The molecule has 0 radical (unpaired) electrons. The van der Waals surface area contributed by atoms with Gasteiger partial charge in [-0.2, -0.15) is 5.10 Å². The Balaban J connectivity index is 1.59. The maximum Gasteiger partial charge on any atom is 0.249 e. The molecule has 3 aromatic carbocycles. The molecule has 0 spiro atoms. The molecule has 0 bridgehead atoms. The predicted molar refractivity (Wildman–Crippen MR) is 146 cm³/mol. The molecule has 0 unspecified atom stereocenters. The van der Waals surface area contributed by atoms with Crippen LogP contribution < -0.4 is 20.2 Å². The number of benzene rings is 3. The summed E-state index contributed by atoms with van der Waals surface area (Å²) in [6.45, 7) is 4.66. The van der Waals surface area contributed by atoms with Crippen molar-refractivity contribution in [3.05, 3.63) is 86.8 Å². The van der Waals surface area contributed by atoms with Gasteiger partial charge in [-0.05, 0) is 76.3 Å². The van der Waals surface area contributed by atoms with E-state index in [1.165, 1.54) is 6.21 Å². The zero-order valence-corrected chi connectivity index (χ0v) is 22.4. The summed E-state index contributed by atoms with van der Waals surface area (Å²) >= 11 is 9.46. The van der Waals surface area contributed by atoms with Crippen molar-refractivity contribution in [2.75, 3.05) is 11.9 Å². The highest BCUT2D eigenvalue weighted by molar-refractivity contribution is 9.10. The molecule has 0 saturated heterocycles. The highest BCUT2D eigenvalue weighted by Gasteiger charge is 2.13. The molecule has 3 rings (SSSR count). The average molecular weight is 573 g/mol. The highest BCUT2D eigenvalue weighted by Crippen LogP contribution is 2.37. The quantitative estimate of drug-likeness (QED) is 0.165. The molecule has 0 aromatic heterocycles. The summed E-state index contributed by atoms with van der Waals surface area (Å²) in [5, 5.41) is 7.40. The second-order valence-electron chi connectivity index (χ2n) is 7.71. The third-order valence-electron chi connectivity index (χ3n) is 5.02. The Hall–Kier alpha value is -3.36. The Morgan fingerprint density at radius 1 is 1.03 bits per heavy atom. The molecular formula is C27H27BrClN3O4. The van der Waals surface area contributed by atoms with Crippen molar-refractivity contribution in [1.29, 1.82) is 0 Å². The maximum atomic E-state index is 12.2. The normalized spacial score (nSPS) is 10.8. The van der Waals surface area contributed by atoms with E-state index in [2.05, 4.69) is 31.8 Å². The molecule has 36 heavy (non-hydrogen) atoms. The molecule has 0 fully saturated rings. The fourth-order valence-electron chi connectivity index (χ4n) is 3.31. The number of carbonyl (C=O) groups is 2. The SMILES string of the molecule is CCOc1cc(C=NNC(=O)CC(=O)Nc2ccccc2CC)cc(Br)c1OCc1ccc(Cl)cc1. The van der Waals surface area contributed by atoms with Gasteiger partial charge in [-0.25, -0.2) is 5.43 Å². The van der Waals surface area contributed by atoms with E-state index in [1.54, 1.807) is 24.3 Å². The number of amides is 2. The van der Waals surface area contributed by atoms with Gasteiger partial charge in [0.1, 0.15) is 13.0 Å². The lowest BCUT2D eigenvalue weighted by Gasteiger charge is -2.14. The number of para-hydroxylation sites is 1. The van der Waals surface area contributed by atoms with Crippen molar-refractivity contribution in [3.8, 4) is 11.5 Å². The second kappa shape index (κ2) is 13.7. The lowest BCUT2D eigenvalue weighted by molar-refractivity contribution is -0.126. The first-order chi connectivity index (χ1) is 17.4. The van der Waals surface area contributed by atoms with Crippen molar-refractivity contribution in [2.24, 2.45) is 5.10 Å². The van der Waals surface area contributed by atoms with E-state index in [1.807, 2.05) is 50.2 Å². The van der Waals surface area contributed by atoms with Gasteiger partial charge in [0, 0.05) is 10.7 Å². The second-order valence-corrected chi connectivity index (χ2v) is 9.00. The van der Waals surface area contributed by atoms with Gasteiger partial charge < -0.3 is 14.8 Å². The number of halogens is 2. The zero-order chi connectivity index (χ0) is 25.9. The molecule has 188 valence electrons. The number of hydrogen-bond acceptors (Lipinski definition) is 5. The summed E-state index contributed by atoms with van der Waals surface area (Å²) in [6.07, 6.45) is 1.90. The van der Waals surface area contributed by atoms with E-state index in [0.717, 1.165) is 17.5 Å². The summed E-state index contributed by atoms with van der Waals surface area (Å²) in [5.74, 6) is 0.150. The Bertz CT molecular complexity index is 1230. The molecule has 2 amide bonds. The number of anilines is 1. The standard InChI is InChI=1S/C27H27BrClN3O4/c1-3-20-7-5-6-8-23(20)31-25(33)15-26(34)32-30-16-19-13-22(28)27(24(14-19)35-4-2)36-17-18-9-11-21(29)12-10-18/h5-14,16H,3-4,15,17H2,1-2H3,(H,31,33)(H,32,34). The first kappa shape index (κ1) is 27.2. The Kier molecular flexibility index (Phi) is 10.3. The Morgan fingerprint density at radius 3 is 2.50 bits per heavy atom. The van der Waals surface area contributed by atoms with Gasteiger partial charge >= 0.3 is 0 Å². The lowest BCUT2D eigenvalue weighted by atomic mass is 10.1. The van der Waals surface area contributed by atoms with Crippen LogP contribution in [0.4, 0.5) is 5.69 Å². The fourth-order valence-corrected chi connectivity index (χ4v) is 4.01. The van der Waals surface area contributed by atoms with Gasteiger partial charge in [0.2, 0.25) is 11.8 Å². The van der Waals surface area contributed by atoms with Crippen molar-refractivity contribution in [1.82, 2.24) is 5.43 Å². The number of nitrogens with one attached hydrogen (secondary N) is 2. The number of rotatable bonds is 11. The molecule has 7 nitrogen and oxygen atoms in total. The van der Waals surface area contributed by atoms with Crippen LogP contribution in [0.2, 0.25) is 5.02 Å². The maximum absolute atomic E-state index is 12.2. The summed E-state index contributed by atoms with van der Waals surface area (Å²) in [6, 6.07) is 18.4. The van der Waals surface area contributed by atoms with Crippen LogP contribution in [-0.2, 0) is 22.6 Å². The topological polar surface area (TPSA) is 89.0 Å². The van der Waals surface area contributed by atoms with Crippen molar-refractivity contribution < 1.29 is 19.1 Å². The van der Waals surface area contributed by atoms with Gasteiger partial charge in [0.25, 0.3) is 0 Å². The highest BCUT2D eigenvalue weighted by atomic mass is 79.9. The van der Waals surface area contributed by atoms with Crippen LogP contribution >= 0.6 is 27.5 Å². The molecule has 9 heteroatoms. The Morgan fingerprint density at radius 2 is 1.78 bits per heavy atom. The van der Waals surface area contributed by atoms with Crippen LogP contribution in [0.25, 0.3) is 0 Å². The molecule has 0 atom stereocenters. The van der Waals surface area contributed by atoms with Crippen LogP contribution in [0.15, 0.2) is 70.2 Å². The van der Waals surface area contributed by atoms with Crippen LogP contribution in [0.1, 0.15) is 37.0 Å². The number of hydrazone groups is 1. The van der Waals surface area contributed by atoms with Gasteiger partial charge in [-0.15, -0.1) is 0 Å². The van der Waals surface area contributed by atoms with E-state index < -0.39 is 11.8 Å². The molecular weight excluding hydrogens is 546 g/mol. The number of carbonyl (C=O) groups excluding carboxylic acids is 2. The third kappa shape index (κ3) is 8.10. The summed E-state index contributed by atoms with van der Waals surface area (Å²) in [5.41, 5.74) is 5.72. The van der Waals surface area contributed by atoms with Crippen molar-refractivity contribution in [3.63, 3.8) is 0 Å². The average Bonchev–Trinajstić information content (AvgIpc) is 2.85. The van der Waals surface area contributed by atoms with E-state index in [0.29, 0.717) is 45.5 Å². The van der Waals surface area contributed by atoms with Crippen molar-refractivity contribution in [2.45, 2.75) is 33.3 Å². The van der Waals surface area contributed by atoms with Crippen LogP contribution in [0.3, 0.4) is 0 Å². The molecule has 0 aliphatic heterocycles. The van der Waals surface area contributed by atoms with Gasteiger partial charge in [-0.1, -0.05) is 48.9 Å². The summed E-state index contributed by atoms with van der Waals surface area (Å²) in [7, 11) is 0. The van der Waals surface area contributed by atoms with Crippen LogP contribution in [-0.4, -0.2) is 24.6 Å². The monoisotopic (exact) mass is 571 g/mol.